The van der Waals surface area contributed by atoms with Crippen LogP contribution in [0.3, 0.4) is 0 Å². The fourth-order valence-electron chi connectivity index (χ4n) is 2.54. The van der Waals surface area contributed by atoms with Crippen LogP contribution in [0.4, 0.5) is 0 Å². The van der Waals surface area contributed by atoms with E-state index < -0.39 is 12.1 Å². The van der Waals surface area contributed by atoms with Crippen LogP contribution in [-0.4, -0.2) is 29.9 Å². The first kappa shape index (κ1) is 17.7. The van der Waals surface area contributed by atoms with Crippen molar-refractivity contribution >= 4 is 11.9 Å². The van der Waals surface area contributed by atoms with Gasteiger partial charge in [0.2, 0.25) is 6.10 Å². The van der Waals surface area contributed by atoms with E-state index in [4.69, 9.17) is 4.74 Å². The molecule has 4 heteroatoms. The number of aryl methyl sites for hydroxylation is 1. The topological polar surface area (TPSA) is 46.6 Å². The third-order valence-corrected chi connectivity index (χ3v) is 3.88. The summed E-state index contributed by atoms with van der Waals surface area (Å²) in [6, 6.07) is 16.3. The monoisotopic (exact) mass is 325 g/mol. The Bertz CT molecular complexity index is 693. The molecule has 0 radical (unpaired) electrons. The van der Waals surface area contributed by atoms with Crippen LogP contribution in [-0.2, 0) is 9.53 Å². The summed E-state index contributed by atoms with van der Waals surface area (Å²) < 4.78 is 5.59. The lowest BCUT2D eigenvalue weighted by atomic mass is 10.1. The van der Waals surface area contributed by atoms with E-state index in [1.807, 2.05) is 45.0 Å². The number of nitrogens with zero attached hydrogens (tertiary/aromatic N) is 1. The highest BCUT2D eigenvalue weighted by atomic mass is 16.5. The summed E-state index contributed by atoms with van der Waals surface area (Å²) in [7, 11) is 0. The molecule has 0 aliphatic carbocycles. The van der Waals surface area contributed by atoms with Crippen molar-refractivity contribution < 1.29 is 14.3 Å². The maximum Gasteiger partial charge on any atom is 0.339 e. The third kappa shape index (κ3) is 4.22. The van der Waals surface area contributed by atoms with Crippen LogP contribution >= 0.6 is 0 Å². The maximum absolute atomic E-state index is 12.8. The molecule has 1 amide bonds. The van der Waals surface area contributed by atoms with Crippen molar-refractivity contribution in [3.63, 3.8) is 0 Å². The molecule has 0 aliphatic rings. The molecule has 2 aromatic carbocycles. The number of hydrogen-bond acceptors (Lipinski definition) is 3. The second-order valence-corrected chi connectivity index (χ2v) is 5.58. The molecule has 2 rings (SSSR count). The molecule has 0 N–H and O–H groups in total. The van der Waals surface area contributed by atoms with Crippen molar-refractivity contribution in [1.29, 1.82) is 0 Å². The first-order valence-electron chi connectivity index (χ1n) is 8.18. The van der Waals surface area contributed by atoms with Gasteiger partial charge in [0.1, 0.15) is 0 Å². The van der Waals surface area contributed by atoms with E-state index in [9.17, 15) is 9.59 Å². The van der Waals surface area contributed by atoms with Gasteiger partial charge >= 0.3 is 5.97 Å². The molecule has 1 atom stereocenters. The molecule has 0 bridgehead atoms. The van der Waals surface area contributed by atoms with E-state index in [1.54, 1.807) is 35.2 Å². The molecule has 2 aromatic rings. The lowest BCUT2D eigenvalue weighted by Crippen LogP contribution is -2.36. The normalized spacial score (nSPS) is 11.6. The molecular weight excluding hydrogens is 302 g/mol. The molecule has 0 saturated carbocycles. The number of ether oxygens (including phenoxy) is 1. The smallest absolute Gasteiger partial charge is 0.339 e. The number of carbonyl (C=O) groups excluding carboxylic acids is 2. The van der Waals surface area contributed by atoms with Crippen molar-refractivity contribution in [1.82, 2.24) is 4.90 Å². The molecule has 0 unspecified atom stereocenters. The van der Waals surface area contributed by atoms with Crippen LogP contribution in [0.25, 0.3) is 0 Å². The van der Waals surface area contributed by atoms with Crippen molar-refractivity contribution in [2.24, 2.45) is 0 Å². The van der Waals surface area contributed by atoms with E-state index in [1.165, 1.54) is 0 Å². The molecule has 0 aromatic heterocycles. The average molecular weight is 325 g/mol. The van der Waals surface area contributed by atoms with Gasteiger partial charge in [-0.05, 0) is 32.9 Å². The van der Waals surface area contributed by atoms with Crippen LogP contribution in [0, 0.1) is 6.92 Å². The summed E-state index contributed by atoms with van der Waals surface area (Å²) in [4.78, 5) is 26.9. The molecule has 0 fully saturated rings. The number of rotatable bonds is 6. The summed E-state index contributed by atoms with van der Waals surface area (Å²) in [5.74, 6) is -0.694. The van der Waals surface area contributed by atoms with Gasteiger partial charge in [-0.25, -0.2) is 4.79 Å². The predicted molar refractivity (Wildman–Crippen MR) is 93.7 cm³/mol. The molecular formula is C20H23NO3. The van der Waals surface area contributed by atoms with Gasteiger partial charge in [-0.15, -0.1) is 0 Å². The van der Waals surface area contributed by atoms with Gasteiger partial charge in [0.05, 0.1) is 5.56 Å². The molecule has 24 heavy (non-hydrogen) atoms. The van der Waals surface area contributed by atoms with E-state index in [0.29, 0.717) is 24.2 Å². The van der Waals surface area contributed by atoms with E-state index in [2.05, 4.69) is 0 Å². The van der Waals surface area contributed by atoms with Crippen LogP contribution in [0.1, 0.15) is 41.4 Å². The Morgan fingerprint density at radius 2 is 1.67 bits per heavy atom. The van der Waals surface area contributed by atoms with Crippen LogP contribution in [0.2, 0.25) is 0 Å². The standard InChI is InChI=1S/C20H23NO3/c1-4-21(5-2)19(22)18(16-11-7-6-8-12-16)24-20(23)17-13-9-10-15(3)14-17/h6-14,18H,4-5H2,1-3H3/t18-/m1/s1. The number of carbonyl (C=O) groups is 2. The Morgan fingerprint density at radius 3 is 2.25 bits per heavy atom. The van der Waals surface area contributed by atoms with Gasteiger partial charge in [0.25, 0.3) is 5.91 Å². The molecule has 0 heterocycles. The number of amides is 1. The summed E-state index contributed by atoms with van der Waals surface area (Å²) in [5, 5.41) is 0. The SMILES string of the molecule is CCN(CC)C(=O)[C@H](OC(=O)c1cccc(C)c1)c1ccccc1. The Labute approximate surface area is 143 Å². The predicted octanol–water partition coefficient (Wildman–Crippen LogP) is 3.76. The van der Waals surface area contributed by atoms with E-state index >= 15 is 0 Å². The zero-order valence-electron chi connectivity index (χ0n) is 14.4. The van der Waals surface area contributed by atoms with Crippen molar-refractivity contribution in [3.05, 3.63) is 71.3 Å². The lowest BCUT2D eigenvalue weighted by molar-refractivity contribution is -0.140. The van der Waals surface area contributed by atoms with Crippen LogP contribution in [0.5, 0.6) is 0 Å². The van der Waals surface area contributed by atoms with Crippen molar-refractivity contribution in [2.75, 3.05) is 13.1 Å². The first-order chi connectivity index (χ1) is 11.6. The minimum absolute atomic E-state index is 0.202. The number of likely N-dealkylation sites (N-methyl/N-ethyl adjacent to an activating group) is 1. The third-order valence-electron chi connectivity index (χ3n) is 3.88. The molecule has 0 saturated heterocycles. The highest BCUT2D eigenvalue weighted by molar-refractivity contribution is 5.92. The highest BCUT2D eigenvalue weighted by Gasteiger charge is 2.28. The summed E-state index contributed by atoms with van der Waals surface area (Å²) in [6.07, 6.45) is -0.931. The lowest BCUT2D eigenvalue weighted by Gasteiger charge is -2.25. The van der Waals surface area contributed by atoms with E-state index in [-0.39, 0.29) is 5.91 Å². The van der Waals surface area contributed by atoms with Crippen molar-refractivity contribution in [3.8, 4) is 0 Å². The first-order valence-corrected chi connectivity index (χ1v) is 8.18. The fraction of sp³-hybridized carbons (Fsp3) is 0.300. The minimum Gasteiger partial charge on any atom is -0.444 e. The minimum atomic E-state index is -0.931. The van der Waals surface area contributed by atoms with Gasteiger partial charge in [-0.2, -0.15) is 0 Å². The Morgan fingerprint density at radius 1 is 1.00 bits per heavy atom. The molecule has 0 aliphatic heterocycles. The highest BCUT2D eigenvalue weighted by Crippen LogP contribution is 2.22. The van der Waals surface area contributed by atoms with Gasteiger partial charge in [0, 0.05) is 18.7 Å². The summed E-state index contributed by atoms with van der Waals surface area (Å²) in [5.41, 5.74) is 2.09. The second kappa shape index (κ2) is 8.29. The fourth-order valence-corrected chi connectivity index (χ4v) is 2.54. The summed E-state index contributed by atoms with van der Waals surface area (Å²) >= 11 is 0. The Kier molecular flexibility index (Phi) is 6.13. The Balaban J connectivity index is 2.29. The second-order valence-electron chi connectivity index (χ2n) is 5.58. The van der Waals surface area contributed by atoms with Gasteiger partial charge < -0.3 is 9.64 Å². The van der Waals surface area contributed by atoms with Gasteiger partial charge in [-0.3, -0.25) is 4.79 Å². The average Bonchev–Trinajstić information content (AvgIpc) is 2.61. The number of benzene rings is 2. The van der Waals surface area contributed by atoms with E-state index in [0.717, 1.165) is 5.56 Å². The Hall–Kier alpha value is -2.62. The number of esters is 1. The molecule has 4 nitrogen and oxygen atoms in total. The molecule has 0 spiro atoms. The van der Waals surface area contributed by atoms with Crippen molar-refractivity contribution in [2.45, 2.75) is 26.9 Å². The van der Waals surface area contributed by atoms with Gasteiger partial charge in [0.15, 0.2) is 0 Å². The van der Waals surface area contributed by atoms with Gasteiger partial charge in [-0.1, -0.05) is 48.0 Å². The molecule has 126 valence electrons. The van der Waals surface area contributed by atoms with Crippen LogP contribution in [0.15, 0.2) is 54.6 Å². The maximum atomic E-state index is 12.8. The zero-order valence-corrected chi connectivity index (χ0v) is 14.4. The quantitative estimate of drug-likeness (QED) is 0.760. The largest absolute Gasteiger partial charge is 0.444 e. The zero-order chi connectivity index (χ0) is 17.5. The van der Waals surface area contributed by atoms with Crippen LogP contribution < -0.4 is 0 Å². The number of hydrogen-bond donors (Lipinski definition) is 0. The summed E-state index contributed by atoms with van der Waals surface area (Å²) in [6.45, 7) is 6.87.